The smallest absolute Gasteiger partial charge is 0.319 e. The Bertz CT molecular complexity index is 449. The van der Waals surface area contributed by atoms with Gasteiger partial charge in [0.15, 0.2) is 0 Å². The van der Waals surface area contributed by atoms with E-state index < -0.39 is 5.97 Å². The van der Waals surface area contributed by atoms with Crippen molar-refractivity contribution in [3.8, 4) is 0 Å². The van der Waals surface area contributed by atoms with Crippen molar-refractivity contribution < 1.29 is 14.7 Å². The number of carbonyl (C=O) groups excluding carboxylic acids is 1. The number of anilines is 1. The molecule has 0 saturated heterocycles. The molecule has 0 aliphatic rings. The quantitative estimate of drug-likeness (QED) is 0.638. The highest BCUT2D eigenvalue weighted by Crippen LogP contribution is 2.10. The van der Waals surface area contributed by atoms with Crippen LogP contribution >= 0.6 is 0 Å². The Balaban J connectivity index is 2.09. The molecule has 110 valence electrons. The molecular formula is C14H21N3O3. The number of aryl methyl sites for hydroxylation is 1. The molecule has 1 heterocycles. The molecule has 0 aliphatic carbocycles. The maximum atomic E-state index is 11.6. The Labute approximate surface area is 118 Å². The van der Waals surface area contributed by atoms with E-state index in [9.17, 15) is 9.59 Å². The van der Waals surface area contributed by atoms with Crippen molar-refractivity contribution >= 4 is 17.7 Å². The van der Waals surface area contributed by atoms with Gasteiger partial charge in [0.1, 0.15) is 0 Å². The van der Waals surface area contributed by atoms with Crippen LogP contribution in [-0.4, -0.2) is 28.6 Å². The average Bonchev–Trinajstić information content (AvgIpc) is 2.40. The van der Waals surface area contributed by atoms with Crippen LogP contribution in [0.3, 0.4) is 0 Å². The number of aliphatic carboxylic acids is 1. The predicted octanol–water partition coefficient (Wildman–Crippen LogP) is 2.55. The molecule has 0 spiro atoms. The number of aromatic nitrogens is 1. The summed E-state index contributed by atoms with van der Waals surface area (Å²) in [5.74, 6) is -0.755. The van der Waals surface area contributed by atoms with Gasteiger partial charge in [0.25, 0.3) is 0 Å². The topological polar surface area (TPSA) is 91.3 Å². The highest BCUT2D eigenvalue weighted by molar-refractivity contribution is 5.89. The van der Waals surface area contributed by atoms with Crippen molar-refractivity contribution in [2.75, 3.05) is 11.9 Å². The molecule has 0 fully saturated rings. The summed E-state index contributed by atoms with van der Waals surface area (Å²) >= 11 is 0. The molecule has 0 aromatic carbocycles. The van der Waals surface area contributed by atoms with E-state index in [-0.39, 0.29) is 12.5 Å². The number of unbranched alkanes of at least 4 members (excludes halogenated alkanes) is 3. The first-order valence-electron chi connectivity index (χ1n) is 6.77. The van der Waals surface area contributed by atoms with Crippen LogP contribution in [0.4, 0.5) is 10.5 Å². The molecular weight excluding hydrogens is 258 g/mol. The summed E-state index contributed by atoms with van der Waals surface area (Å²) in [4.78, 5) is 25.9. The van der Waals surface area contributed by atoms with E-state index in [1.807, 2.05) is 13.0 Å². The molecule has 6 heteroatoms. The Hall–Kier alpha value is -2.11. The second kappa shape index (κ2) is 8.90. The number of urea groups is 1. The van der Waals surface area contributed by atoms with E-state index in [0.29, 0.717) is 18.7 Å². The zero-order chi connectivity index (χ0) is 14.8. The van der Waals surface area contributed by atoms with Crippen LogP contribution in [0.15, 0.2) is 18.5 Å². The van der Waals surface area contributed by atoms with Gasteiger partial charge in [-0.15, -0.1) is 0 Å². The van der Waals surface area contributed by atoms with Crippen molar-refractivity contribution in [3.05, 3.63) is 24.0 Å². The molecule has 1 aromatic rings. The molecule has 0 bridgehead atoms. The zero-order valence-corrected chi connectivity index (χ0v) is 11.7. The lowest BCUT2D eigenvalue weighted by Crippen LogP contribution is -2.29. The van der Waals surface area contributed by atoms with Crippen molar-refractivity contribution in [2.24, 2.45) is 0 Å². The van der Waals surface area contributed by atoms with Gasteiger partial charge >= 0.3 is 12.0 Å². The van der Waals surface area contributed by atoms with Crippen LogP contribution in [-0.2, 0) is 4.79 Å². The number of hydrogen-bond acceptors (Lipinski definition) is 3. The standard InChI is InChI=1S/C14H21N3O3/c1-11-7-9-15-10-12(11)17-14(20)16-8-5-3-2-4-6-13(18)19/h7,9-10H,2-6,8H2,1H3,(H,18,19)(H2,16,17,20). The molecule has 0 atom stereocenters. The minimum atomic E-state index is -0.755. The molecule has 0 saturated carbocycles. The summed E-state index contributed by atoms with van der Waals surface area (Å²) in [6.07, 6.45) is 6.83. The van der Waals surface area contributed by atoms with E-state index in [4.69, 9.17) is 5.11 Å². The molecule has 0 unspecified atom stereocenters. The molecule has 0 radical (unpaired) electrons. The van der Waals surface area contributed by atoms with Crippen molar-refractivity contribution in [1.82, 2.24) is 10.3 Å². The lowest BCUT2D eigenvalue weighted by atomic mass is 10.1. The van der Waals surface area contributed by atoms with Crippen LogP contribution in [0.5, 0.6) is 0 Å². The second-order valence-corrected chi connectivity index (χ2v) is 4.63. The van der Waals surface area contributed by atoms with E-state index in [0.717, 1.165) is 24.8 Å². The normalized spacial score (nSPS) is 10.1. The first kappa shape index (κ1) is 15.9. The number of hydrogen-bond donors (Lipinski definition) is 3. The van der Waals surface area contributed by atoms with Gasteiger partial charge in [-0.2, -0.15) is 0 Å². The van der Waals surface area contributed by atoms with Gasteiger partial charge < -0.3 is 15.7 Å². The minimum Gasteiger partial charge on any atom is -0.481 e. The van der Waals surface area contributed by atoms with Gasteiger partial charge in [0, 0.05) is 19.2 Å². The highest BCUT2D eigenvalue weighted by atomic mass is 16.4. The van der Waals surface area contributed by atoms with Crippen LogP contribution in [0.25, 0.3) is 0 Å². The Morgan fingerprint density at radius 3 is 2.70 bits per heavy atom. The Morgan fingerprint density at radius 2 is 2.00 bits per heavy atom. The monoisotopic (exact) mass is 279 g/mol. The van der Waals surface area contributed by atoms with Crippen LogP contribution < -0.4 is 10.6 Å². The fraction of sp³-hybridized carbons (Fsp3) is 0.500. The summed E-state index contributed by atoms with van der Waals surface area (Å²) in [7, 11) is 0. The molecule has 0 aliphatic heterocycles. The van der Waals surface area contributed by atoms with Crippen molar-refractivity contribution in [2.45, 2.75) is 39.0 Å². The maximum absolute atomic E-state index is 11.6. The van der Waals surface area contributed by atoms with Gasteiger partial charge in [-0.1, -0.05) is 12.8 Å². The van der Waals surface area contributed by atoms with Gasteiger partial charge in [-0.3, -0.25) is 9.78 Å². The zero-order valence-electron chi connectivity index (χ0n) is 11.7. The van der Waals surface area contributed by atoms with E-state index in [1.54, 1.807) is 12.4 Å². The number of nitrogens with one attached hydrogen (secondary N) is 2. The number of rotatable bonds is 8. The lowest BCUT2D eigenvalue weighted by Gasteiger charge is -2.09. The van der Waals surface area contributed by atoms with Crippen molar-refractivity contribution in [1.29, 1.82) is 0 Å². The van der Waals surface area contributed by atoms with E-state index in [2.05, 4.69) is 15.6 Å². The number of amides is 2. The minimum absolute atomic E-state index is 0.216. The number of nitrogens with zero attached hydrogens (tertiary/aromatic N) is 1. The second-order valence-electron chi connectivity index (χ2n) is 4.63. The first-order valence-corrected chi connectivity index (χ1v) is 6.77. The lowest BCUT2D eigenvalue weighted by molar-refractivity contribution is -0.137. The fourth-order valence-electron chi connectivity index (χ4n) is 1.72. The first-order chi connectivity index (χ1) is 9.59. The summed E-state index contributed by atoms with van der Waals surface area (Å²) in [5.41, 5.74) is 1.66. The molecule has 2 amide bonds. The Kier molecular flexibility index (Phi) is 7.10. The SMILES string of the molecule is Cc1ccncc1NC(=O)NCCCCCCC(=O)O. The molecule has 3 N–H and O–H groups in total. The summed E-state index contributed by atoms with van der Waals surface area (Å²) in [5, 5.41) is 14.0. The van der Waals surface area contributed by atoms with E-state index >= 15 is 0 Å². The number of carboxylic acids is 1. The average molecular weight is 279 g/mol. The molecule has 1 rings (SSSR count). The number of carbonyl (C=O) groups is 2. The van der Waals surface area contributed by atoms with Crippen LogP contribution in [0.1, 0.15) is 37.7 Å². The third kappa shape index (κ3) is 6.72. The molecule has 6 nitrogen and oxygen atoms in total. The highest BCUT2D eigenvalue weighted by Gasteiger charge is 2.03. The van der Waals surface area contributed by atoms with Gasteiger partial charge in [-0.25, -0.2) is 4.79 Å². The van der Waals surface area contributed by atoms with Crippen LogP contribution in [0.2, 0.25) is 0 Å². The maximum Gasteiger partial charge on any atom is 0.319 e. The largest absolute Gasteiger partial charge is 0.481 e. The van der Waals surface area contributed by atoms with Gasteiger partial charge in [0.2, 0.25) is 0 Å². The molecule has 1 aromatic heterocycles. The summed E-state index contributed by atoms with van der Waals surface area (Å²) in [6, 6.07) is 1.59. The van der Waals surface area contributed by atoms with Gasteiger partial charge in [-0.05, 0) is 31.4 Å². The van der Waals surface area contributed by atoms with E-state index in [1.165, 1.54) is 0 Å². The third-order valence-corrected chi connectivity index (χ3v) is 2.89. The summed E-state index contributed by atoms with van der Waals surface area (Å²) in [6.45, 7) is 2.48. The van der Waals surface area contributed by atoms with Gasteiger partial charge in [0.05, 0.1) is 11.9 Å². The third-order valence-electron chi connectivity index (χ3n) is 2.89. The molecule has 20 heavy (non-hydrogen) atoms. The number of carboxylic acid groups (broad SMARTS) is 1. The summed E-state index contributed by atoms with van der Waals surface area (Å²) < 4.78 is 0. The predicted molar refractivity (Wildman–Crippen MR) is 76.7 cm³/mol. The fourth-order valence-corrected chi connectivity index (χ4v) is 1.72. The van der Waals surface area contributed by atoms with Crippen LogP contribution in [0, 0.1) is 6.92 Å². The Morgan fingerprint density at radius 1 is 1.25 bits per heavy atom. The van der Waals surface area contributed by atoms with Crippen molar-refractivity contribution in [3.63, 3.8) is 0 Å². The number of pyridine rings is 1.